The first kappa shape index (κ1) is 9.97. The minimum atomic E-state index is -0.119. The van der Waals surface area contributed by atoms with Gasteiger partial charge in [-0.05, 0) is 29.5 Å². The summed E-state index contributed by atoms with van der Waals surface area (Å²) >= 11 is 0. The fraction of sp³-hybridized carbons (Fsp3) is 0.333. The Morgan fingerprint density at radius 3 is 2.62 bits per heavy atom. The van der Waals surface area contributed by atoms with E-state index >= 15 is 0 Å². The molecule has 0 saturated heterocycles. The van der Waals surface area contributed by atoms with E-state index in [4.69, 9.17) is 0 Å². The van der Waals surface area contributed by atoms with Crippen molar-refractivity contribution in [3.63, 3.8) is 0 Å². The molecule has 0 aliphatic heterocycles. The lowest BCUT2D eigenvalue weighted by atomic mass is 10.0. The van der Waals surface area contributed by atoms with Gasteiger partial charge in [0.05, 0.1) is 0 Å². The first-order valence-corrected chi connectivity index (χ1v) is 4.54. The van der Waals surface area contributed by atoms with Gasteiger partial charge in [0.1, 0.15) is 5.82 Å². The molecule has 13 heavy (non-hydrogen) atoms. The molecular formula is C12H15F. The summed E-state index contributed by atoms with van der Waals surface area (Å²) in [6, 6.07) is 5.27. The summed E-state index contributed by atoms with van der Waals surface area (Å²) in [5.41, 5.74) is 1.63. The van der Waals surface area contributed by atoms with Crippen LogP contribution >= 0.6 is 0 Å². The minimum absolute atomic E-state index is 0.119. The predicted molar refractivity (Wildman–Crippen MR) is 55.0 cm³/mol. The van der Waals surface area contributed by atoms with Crippen LogP contribution in [0.25, 0.3) is 6.08 Å². The Morgan fingerprint density at radius 1 is 1.46 bits per heavy atom. The highest BCUT2D eigenvalue weighted by atomic mass is 19.1. The van der Waals surface area contributed by atoms with E-state index in [0.29, 0.717) is 5.92 Å². The molecule has 0 fully saturated rings. The van der Waals surface area contributed by atoms with Crippen LogP contribution in [0, 0.1) is 11.7 Å². The average Bonchev–Trinajstić information content (AvgIpc) is 2.08. The van der Waals surface area contributed by atoms with E-state index in [1.54, 1.807) is 6.08 Å². The number of halogens is 1. The SMILES string of the molecule is C=Cc1ccc(CC(C)C)c(F)c1. The van der Waals surface area contributed by atoms with Crippen LogP contribution in [0.5, 0.6) is 0 Å². The molecule has 70 valence electrons. The Hall–Kier alpha value is -1.11. The third-order valence-corrected chi connectivity index (χ3v) is 1.94. The fourth-order valence-corrected chi connectivity index (χ4v) is 1.30. The molecule has 0 nitrogen and oxygen atoms in total. The Balaban J connectivity index is 2.91. The fourth-order valence-electron chi connectivity index (χ4n) is 1.30. The standard InChI is InChI=1S/C12H15F/c1-4-10-5-6-11(7-9(2)3)12(13)8-10/h4-6,8-9H,1,7H2,2-3H3. The molecule has 1 heteroatoms. The number of hydrogen-bond acceptors (Lipinski definition) is 0. The number of rotatable bonds is 3. The molecule has 0 unspecified atom stereocenters. The molecule has 0 aliphatic carbocycles. The van der Waals surface area contributed by atoms with Crippen molar-refractivity contribution in [1.29, 1.82) is 0 Å². The van der Waals surface area contributed by atoms with E-state index in [1.165, 1.54) is 6.07 Å². The number of benzene rings is 1. The predicted octanol–water partition coefficient (Wildman–Crippen LogP) is 3.67. The average molecular weight is 178 g/mol. The molecule has 0 aliphatic rings. The third kappa shape index (κ3) is 2.69. The lowest BCUT2D eigenvalue weighted by Crippen LogP contribution is -1.97. The van der Waals surface area contributed by atoms with E-state index < -0.39 is 0 Å². The Kier molecular flexibility index (Phi) is 3.24. The molecule has 1 aromatic rings. The van der Waals surface area contributed by atoms with Gasteiger partial charge in [0.2, 0.25) is 0 Å². The van der Waals surface area contributed by atoms with Gasteiger partial charge in [-0.2, -0.15) is 0 Å². The summed E-state index contributed by atoms with van der Waals surface area (Å²) in [6.07, 6.45) is 2.45. The second kappa shape index (κ2) is 4.22. The van der Waals surface area contributed by atoms with Crippen LogP contribution in [0.2, 0.25) is 0 Å². The van der Waals surface area contributed by atoms with E-state index in [9.17, 15) is 4.39 Å². The Bertz CT molecular complexity index is 300. The monoisotopic (exact) mass is 178 g/mol. The van der Waals surface area contributed by atoms with Gasteiger partial charge in [-0.25, -0.2) is 4.39 Å². The van der Waals surface area contributed by atoms with E-state index in [2.05, 4.69) is 20.4 Å². The first-order chi connectivity index (χ1) is 6.13. The van der Waals surface area contributed by atoms with E-state index in [-0.39, 0.29) is 5.82 Å². The summed E-state index contributed by atoms with van der Waals surface area (Å²) in [5.74, 6) is 0.371. The highest BCUT2D eigenvalue weighted by Gasteiger charge is 2.04. The van der Waals surface area contributed by atoms with Crippen molar-refractivity contribution >= 4 is 6.08 Å². The molecule has 0 amide bonds. The van der Waals surface area contributed by atoms with Crippen LogP contribution in [0.4, 0.5) is 4.39 Å². The molecule has 1 aromatic carbocycles. The molecule has 0 radical (unpaired) electrons. The largest absolute Gasteiger partial charge is 0.207 e. The molecule has 0 spiro atoms. The van der Waals surface area contributed by atoms with Gasteiger partial charge in [0, 0.05) is 0 Å². The third-order valence-electron chi connectivity index (χ3n) is 1.94. The molecule has 0 atom stereocenters. The van der Waals surface area contributed by atoms with Crippen molar-refractivity contribution < 1.29 is 4.39 Å². The van der Waals surface area contributed by atoms with Gasteiger partial charge in [0.15, 0.2) is 0 Å². The van der Waals surface area contributed by atoms with Gasteiger partial charge < -0.3 is 0 Å². The van der Waals surface area contributed by atoms with Crippen LogP contribution in [-0.4, -0.2) is 0 Å². The van der Waals surface area contributed by atoms with Crippen LogP contribution in [0.3, 0.4) is 0 Å². The van der Waals surface area contributed by atoms with Gasteiger partial charge in [0.25, 0.3) is 0 Å². The summed E-state index contributed by atoms with van der Waals surface area (Å²) in [6.45, 7) is 7.76. The van der Waals surface area contributed by atoms with Crippen LogP contribution < -0.4 is 0 Å². The van der Waals surface area contributed by atoms with Gasteiger partial charge >= 0.3 is 0 Å². The maximum absolute atomic E-state index is 13.3. The summed E-state index contributed by atoms with van der Waals surface area (Å²) < 4.78 is 13.3. The maximum atomic E-state index is 13.3. The highest BCUT2D eigenvalue weighted by Crippen LogP contribution is 2.15. The molecule has 0 heterocycles. The maximum Gasteiger partial charge on any atom is 0.127 e. The quantitative estimate of drug-likeness (QED) is 0.662. The van der Waals surface area contributed by atoms with E-state index in [1.807, 2.05) is 12.1 Å². The van der Waals surface area contributed by atoms with Crippen LogP contribution in [0.15, 0.2) is 24.8 Å². The lowest BCUT2D eigenvalue weighted by Gasteiger charge is -2.06. The molecule has 0 N–H and O–H groups in total. The second-order valence-corrected chi connectivity index (χ2v) is 3.65. The molecular weight excluding hydrogens is 163 g/mol. The zero-order valence-electron chi connectivity index (χ0n) is 8.18. The summed E-state index contributed by atoms with van der Waals surface area (Å²) in [7, 11) is 0. The molecule has 0 bridgehead atoms. The van der Waals surface area contributed by atoms with Gasteiger partial charge in [-0.15, -0.1) is 0 Å². The molecule has 0 saturated carbocycles. The Labute approximate surface area is 79.1 Å². The van der Waals surface area contributed by atoms with Crippen molar-refractivity contribution in [2.45, 2.75) is 20.3 Å². The van der Waals surface area contributed by atoms with Gasteiger partial charge in [-0.1, -0.05) is 38.6 Å². The number of hydrogen-bond donors (Lipinski definition) is 0. The lowest BCUT2D eigenvalue weighted by molar-refractivity contribution is 0.574. The second-order valence-electron chi connectivity index (χ2n) is 3.65. The highest BCUT2D eigenvalue weighted by molar-refractivity contribution is 5.47. The normalized spacial score (nSPS) is 10.5. The van der Waals surface area contributed by atoms with Crippen molar-refractivity contribution in [3.8, 4) is 0 Å². The van der Waals surface area contributed by atoms with Crippen molar-refractivity contribution in [1.82, 2.24) is 0 Å². The van der Waals surface area contributed by atoms with Gasteiger partial charge in [-0.3, -0.25) is 0 Å². The molecule has 0 aromatic heterocycles. The zero-order chi connectivity index (χ0) is 9.84. The zero-order valence-corrected chi connectivity index (χ0v) is 8.18. The summed E-state index contributed by atoms with van der Waals surface area (Å²) in [5, 5.41) is 0. The van der Waals surface area contributed by atoms with E-state index in [0.717, 1.165) is 17.5 Å². The summed E-state index contributed by atoms with van der Waals surface area (Å²) in [4.78, 5) is 0. The van der Waals surface area contributed by atoms with Crippen LogP contribution in [-0.2, 0) is 6.42 Å². The van der Waals surface area contributed by atoms with Crippen LogP contribution in [0.1, 0.15) is 25.0 Å². The van der Waals surface area contributed by atoms with Crippen molar-refractivity contribution in [3.05, 3.63) is 41.7 Å². The van der Waals surface area contributed by atoms with Crippen molar-refractivity contribution in [2.24, 2.45) is 5.92 Å². The molecule has 1 rings (SSSR count). The topological polar surface area (TPSA) is 0 Å². The minimum Gasteiger partial charge on any atom is -0.207 e. The Morgan fingerprint density at radius 2 is 2.15 bits per heavy atom. The first-order valence-electron chi connectivity index (χ1n) is 4.54. The smallest absolute Gasteiger partial charge is 0.127 e. The van der Waals surface area contributed by atoms with Crippen molar-refractivity contribution in [2.75, 3.05) is 0 Å².